The average Bonchev–Trinajstić information content (AvgIpc) is 3.06. The van der Waals surface area contributed by atoms with Crippen LogP contribution in [-0.4, -0.2) is 20.9 Å². The SMILES string of the molecule is CC.Cc1ccc(-c2ncnc(Nc3ccc4c(c3)CN=C4N)c2O)cc1. The van der Waals surface area contributed by atoms with E-state index in [4.69, 9.17) is 5.73 Å². The molecule has 0 unspecified atom stereocenters. The lowest BCUT2D eigenvalue weighted by Crippen LogP contribution is -2.10. The number of aromatic nitrogens is 2. The van der Waals surface area contributed by atoms with Crippen molar-refractivity contribution >= 4 is 17.3 Å². The maximum absolute atomic E-state index is 10.6. The molecule has 0 saturated carbocycles. The van der Waals surface area contributed by atoms with Crippen molar-refractivity contribution in [3.05, 3.63) is 65.5 Å². The predicted molar refractivity (Wildman–Crippen MR) is 109 cm³/mol. The number of hydrogen-bond acceptors (Lipinski definition) is 6. The summed E-state index contributed by atoms with van der Waals surface area (Å²) in [7, 11) is 0. The summed E-state index contributed by atoms with van der Waals surface area (Å²) in [5, 5.41) is 13.7. The van der Waals surface area contributed by atoms with Gasteiger partial charge in [0.15, 0.2) is 11.6 Å². The molecule has 3 aromatic rings. The van der Waals surface area contributed by atoms with Gasteiger partial charge in [0.05, 0.1) is 6.54 Å². The monoisotopic (exact) mass is 361 g/mol. The van der Waals surface area contributed by atoms with Gasteiger partial charge in [0.2, 0.25) is 0 Å². The van der Waals surface area contributed by atoms with Crippen molar-refractivity contribution in [1.29, 1.82) is 0 Å². The Morgan fingerprint density at radius 3 is 2.52 bits per heavy atom. The molecule has 0 amide bonds. The average molecular weight is 361 g/mol. The Hall–Kier alpha value is -3.41. The molecule has 0 fully saturated rings. The van der Waals surface area contributed by atoms with E-state index in [2.05, 4.69) is 20.3 Å². The molecular weight excluding hydrogens is 338 g/mol. The van der Waals surface area contributed by atoms with Crippen molar-refractivity contribution in [2.75, 3.05) is 5.32 Å². The summed E-state index contributed by atoms with van der Waals surface area (Å²) in [6.45, 7) is 6.59. The molecule has 4 rings (SSSR count). The van der Waals surface area contributed by atoms with Crippen LogP contribution < -0.4 is 11.1 Å². The second-order valence-corrected chi connectivity index (χ2v) is 5.98. The fourth-order valence-electron chi connectivity index (χ4n) is 2.84. The Labute approximate surface area is 158 Å². The van der Waals surface area contributed by atoms with Gasteiger partial charge >= 0.3 is 0 Å². The molecule has 0 bridgehead atoms. The minimum atomic E-state index is 0.0163. The number of nitrogens with two attached hydrogens (primary N) is 1. The molecule has 0 atom stereocenters. The smallest absolute Gasteiger partial charge is 0.185 e. The van der Waals surface area contributed by atoms with Crippen molar-refractivity contribution in [2.45, 2.75) is 27.3 Å². The Morgan fingerprint density at radius 1 is 1.04 bits per heavy atom. The number of benzene rings is 2. The summed E-state index contributed by atoms with van der Waals surface area (Å²) in [4.78, 5) is 12.6. The van der Waals surface area contributed by atoms with Crippen LogP contribution in [0.15, 0.2) is 53.8 Å². The number of fused-ring (bicyclic) bond motifs is 1. The van der Waals surface area contributed by atoms with Gasteiger partial charge in [0.25, 0.3) is 0 Å². The lowest BCUT2D eigenvalue weighted by Gasteiger charge is -2.11. The molecule has 1 aliphatic rings. The summed E-state index contributed by atoms with van der Waals surface area (Å²) in [5.74, 6) is 0.938. The Bertz CT molecular complexity index is 980. The number of rotatable bonds is 3. The van der Waals surface area contributed by atoms with E-state index in [0.717, 1.165) is 27.9 Å². The third-order valence-corrected chi connectivity index (χ3v) is 4.21. The Balaban J connectivity index is 0.00000102. The maximum atomic E-state index is 10.6. The van der Waals surface area contributed by atoms with E-state index in [9.17, 15) is 5.11 Å². The largest absolute Gasteiger partial charge is 0.503 e. The second-order valence-electron chi connectivity index (χ2n) is 5.98. The summed E-state index contributed by atoms with van der Waals surface area (Å²) in [6, 6.07) is 13.6. The van der Waals surface area contributed by atoms with Crippen LogP contribution in [0.25, 0.3) is 11.3 Å². The molecule has 1 aliphatic heterocycles. The van der Waals surface area contributed by atoms with Gasteiger partial charge in [0, 0.05) is 16.8 Å². The molecule has 0 aliphatic carbocycles. The maximum Gasteiger partial charge on any atom is 0.185 e. The van der Waals surface area contributed by atoms with Gasteiger partial charge in [-0.15, -0.1) is 0 Å². The van der Waals surface area contributed by atoms with Crippen LogP contribution in [-0.2, 0) is 6.54 Å². The third kappa shape index (κ3) is 3.74. The van der Waals surface area contributed by atoms with Gasteiger partial charge < -0.3 is 16.2 Å². The fraction of sp³-hybridized carbons (Fsp3) is 0.190. The minimum Gasteiger partial charge on any atom is -0.503 e. The zero-order valence-electron chi connectivity index (χ0n) is 15.7. The van der Waals surface area contributed by atoms with Gasteiger partial charge in [-0.2, -0.15) is 0 Å². The van der Waals surface area contributed by atoms with Gasteiger partial charge in [-0.1, -0.05) is 43.7 Å². The van der Waals surface area contributed by atoms with Crippen LogP contribution >= 0.6 is 0 Å². The standard InChI is InChI=1S/C19H17N5O.C2H6/c1-11-2-4-12(5-3-11)16-17(25)19(23-10-22-16)24-14-6-7-15-13(8-14)9-21-18(15)20;1-2/h2-8,10,25H,9H2,1H3,(H2,20,21)(H,22,23,24);1-2H3. The topological polar surface area (TPSA) is 96.4 Å². The quantitative estimate of drug-likeness (QED) is 0.651. The van der Waals surface area contributed by atoms with E-state index in [1.165, 1.54) is 6.33 Å². The Kier molecular flexibility index (Phi) is 5.35. The van der Waals surface area contributed by atoms with Crippen molar-refractivity contribution in [2.24, 2.45) is 10.7 Å². The van der Waals surface area contributed by atoms with Gasteiger partial charge in [-0.05, 0) is 30.7 Å². The number of aromatic hydroxyl groups is 1. The normalized spacial score (nSPS) is 11.9. The summed E-state index contributed by atoms with van der Waals surface area (Å²) in [6.07, 6.45) is 1.44. The molecule has 2 heterocycles. The second kappa shape index (κ2) is 7.86. The molecule has 0 saturated heterocycles. The molecule has 1 aromatic heterocycles. The molecule has 0 spiro atoms. The van der Waals surface area contributed by atoms with E-state index >= 15 is 0 Å². The lowest BCUT2D eigenvalue weighted by molar-refractivity contribution is 0.475. The van der Waals surface area contributed by atoms with Crippen molar-refractivity contribution in [3.8, 4) is 17.0 Å². The molecule has 0 radical (unpaired) electrons. The fourth-order valence-corrected chi connectivity index (χ4v) is 2.84. The zero-order chi connectivity index (χ0) is 19.4. The molecule has 6 heteroatoms. The van der Waals surface area contributed by atoms with Crippen molar-refractivity contribution in [3.63, 3.8) is 0 Å². The molecule has 138 valence electrons. The van der Waals surface area contributed by atoms with E-state index in [1.807, 2.05) is 63.2 Å². The van der Waals surface area contributed by atoms with Crippen LogP contribution in [0.3, 0.4) is 0 Å². The molecule has 2 aromatic carbocycles. The first-order valence-corrected chi connectivity index (χ1v) is 8.93. The summed E-state index contributed by atoms with van der Waals surface area (Å²) >= 11 is 0. The first-order valence-electron chi connectivity index (χ1n) is 8.93. The number of nitrogens with zero attached hydrogens (tertiary/aromatic N) is 3. The van der Waals surface area contributed by atoms with Crippen LogP contribution in [0, 0.1) is 6.92 Å². The number of aliphatic imine (C=N–C) groups is 1. The van der Waals surface area contributed by atoms with Gasteiger partial charge in [-0.3, -0.25) is 4.99 Å². The van der Waals surface area contributed by atoms with Crippen molar-refractivity contribution in [1.82, 2.24) is 9.97 Å². The molecule has 4 N–H and O–H groups in total. The van der Waals surface area contributed by atoms with Gasteiger partial charge in [0.1, 0.15) is 17.9 Å². The van der Waals surface area contributed by atoms with E-state index in [1.54, 1.807) is 0 Å². The van der Waals surface area contributed by atoms with Crippen LogP contribution in [0.4, 0.5) is 11.5 Å². The van der Waals surface area contributed by atoms with E-state index in [-0.39, 0.29) is 5.75 Å². The molecular formula is C21H23N5O. The Morgan fingerprint density at radius 2 is 1.78 bits per heavy atom. The highest BCUT2D eigenvalue weighted by atomic mass is 16.3. The highest BCUT2D eigenvalue weighted by molar-refractivity contribution is 6.01. The number of hydrogen-bond donors (Lipinski definition) is 3. The highest BCUT2D eigenvalue weighted by Crippen LogP contribution is 2.34. The van der Waals surface area contributed by atoms with Crippen molar-refractivity contribution < 1.29 is 5.11 Å². The highest BCUT2D eigenvalue weighted by Gasteiger charge is 2.15. The zero-order valence-corrected chi connectivity index (χ0v) is 15.7. The lowest BCUT2D eigenvalue weighted by atomic mass is 10.1. The number of nitrogens with one attached hydrogen (secondary N) is 1. The molecule has 6 nitrogen and oxygen atoms in total. The number of amidine groups is 1. The van der Waals surface area contributed by atoms with Gasteiger partial charge in [-0.25, -0.2) is 9.97 Å². The first-order chi connectivity index (χ1) is 13.1. The first kappa shape index (κ1) is 18.4. The number of anilines is 2. The van der Waals surface area contributed by atoms with E-state index in [0.29, 0.717) is 23.9 Å². The third-order valence-electron chi connectivity index (χ3n) is 4.21. The predicted octanol–water partition coefficient (Wildman–Crippen LogP) is 4.15. The van der Waals surface area contributed by atoms with Crippen LogP contribution in [0.2, 0.25) is 0 Å². The minimum absolute atomic E-state index is 0.0163. The van der Waals surface area contributed by atoms with Crippen LogP contribution in [0.5, 0.6) is 5.75 Å². The van der Waals surface area contributed by atoms with Crippen LogP contribution in [0.1, 0.15) is 30.5 Å². The summed E-state index contributed by atoms with van der Waals surface area (Å²) in [5.41, 5.74) is 11.1. The summed E-state index contributed by atoms with van der Waals surface area (Å²) < 4.78 is 0. The number of aryl methyl sites for hydroxylation is 1. The molecule has 27 heavy (non-hydrogen) atoms. The van der Waals surface area contributed by atoms with E-state index < -0.39 is 0 Å².